The monoisotopic (exact) mass is 242 g/mol. The van der Waals surface area contributed by atoms with E-state index in [0.717, 1.165) is 6.92 Å². The summed E-state index contributed by atoms with van der Waals surface area (Å²) in [5, 5.41) is 11.0. The normalized spacial score (nSPS) is 25.7. The topological polar surface area (TPSA) is 104 Å². The smallest absolute Gasteiger partial charge is 0.331 e. The number of hydrogen-bond donors (Lipinski definition) is 2. The van der Waals surface area contributed by atoms with E-state index >= 15 is 0 Å². The van der Waals surface area contributed by atoms with Crippen molar-refractivity contribution < 1.29 is 24.3 Å². The summed E-state index contributed by atoms with van der Waals surface area (Å²) in [6, 6.07) is -0.871. The molecule has 0 aromatic rings. The molecule has 17 heavy (non-hydrogen) atoms. The summed E-state index contributed by atoms with van der Waals surface area (Å²) in [5.41, 5.74) is -1.66. The van der Waals surface area contributed by atoms with Crippen molar-refractivity contribution in [1.82, 2.24) is 10.2 Å². The van der Waals surface area contributed by atoms with Gasteiger partial charge >= 0.3 is 12.0 Å². The molecular weight excluding hydrogens is 228 g/mol. The zero-order valence-corrected chi connectivity index (χ0v) is 9.81. The predicted molar refractivity (Wildman–Crippen MR) is 55.9 cm³/mol. The molecule has 4 amide bonds. The molecule has 0 aromatic carbocycles. The first-order chi connectivity index (χ1) is 7.76. The largest absolute Gasteiger partial charge is 0.481 e. The van der Waals surface area contributed by atoms with E-state index in [-0.39, 0.29) is 6.42 Å². The van der Waals surface area contributed by atoms with Crippen LogP contribution < -0.4 is 5.32 Å². The Morgan fingerprint density at radius 3 is 2.35 bits per heavy atom. The lowest BCUT2D eigenvalue weighted by molar-refractivity contribution is -0.153. The summed E-state index contributed by atoms with van der Waals surface area (Å²) >= 11 is 0. The zero-order valence-electron chi connectivity index (χ0n) is 9.81. The first-order valence-electron chi connectivity index (χ1n) is 5.15. The van der Waals surface area contributed by atoms with Gasteiger partial charge in [-0.2, -0.15) is 0 Å². The first-order valence-corrected chi connectivity index (χ1v) is 5.15. The number of nitrogens with one attached hydrogen (secondary N) is 1. The molecule has 7 heteroatoms. The first kappa shape index (κ1) is 13.1. The summed E-state index contributed by atoms with van der Waals surface area (Å²) in [6.07, 6.45) is 0.135. The van der Waals surface area contributed by atoms with E-state index < -0.39 is 35.3 Å². The number of aliphatic carboxylic acids is 1. The summed E-state index contributed by atoms with van der Waals surface area (Å²) in [6.45, 7) is 3.99. The second-order valence-electron chi connectivity index (χ2n) is 4.06. The third kappa shape index (κ3) is 1.77. The molecule has 1 fully saturated rings. The molecule has 0 aromatic heterocycles. The Labute approximate surface area is 97.8 Å². The molecule has 7 nitrogen and oxygen atoms in total. The molecule has 2 atom stereocenters. The van der Waals surface area contributed by atoms with E-state index in [2.05, 4.69) is 0 Å². The predicted octanol–water partition coefficient (Wildman–Crippen LogP) is -0.0458. The van der Waals surface area contributed by atoms with Crippen LogP contribution in [0.15, 0.2) is 0 Å². The fourth-order valence-corrected chi connectivity index (χ4v) is 2.19. The number of hydrogen-bond acceptors (Lipinski definition) is 4. The van der Waals surface area contributed by atoms with E-state index in [9.17, 15) is 19.2 Å². The number of rotatable bonds is 3. The second kappa shape index (κ2) is 4.15. The number of carbonyl (C=O) groups excluding carboxylic acids is 3. The lowest BCUT2D eigenvalue weighted by atomic mass is 9.82. The van der Waals surface area contributed by atoms with Gasteiger partial charge in [0.15, 0.2) is 0 Å². The Morgan fingerprint density at radius 2 is 2.00 bits per heavy atom. The Balaban J connectivity index is 3.30. The lowest BCUT2D eigenvalue weighted by Crippen LogP contribution is -2.56. The Bertz CT molecular complexity index is 406. The average Bonchev–Trinajstić information content (AvgIpc) is 2.37. The zero-order chi connectivity index (χ0) is 13.4. The van der Waals surface area contributed by atoms with Crippen molar-refractivity contribution in [2.24, 2.45) is 5.92 Å². The van der Waals surface area contributed by atoms with Crippen molar-refractivity contribution in [3.63, 3.8) is 0 Å². The third-order valence-electron chi connectivity index (χ3n) is 3.05. The van der Waals surface area contributed by atoms with Gasteiger partial charge in [-0.05, 0) is 13.3 Å². The number of carboxylic acids is 1. The van der Waals surface area contributed by atoms with Crippen molar-refractivity contribution >= 4 is 23.8 Å². The van der Waals surface area contributed by atoms with E-state index in [1.807, 2.05) is 5.32 Å². The highest BCUT2D eigenvalue weighted by Crippen LogP contribution is 2.32. The maximum absolute atomic E-state index is 11.7. The molecule has 1 aliphatic heterocycles. The van der Waals surface area contributed by atoms with Crippen LogP contribution in [0.25, 0.3) is 0 Å². The summed E-state index contributed by atoms with van der Waals surface area (Å²) < 4.78 is 0. The number of imide groups is 2. The van der Waals surface area contributed by atoms with Crippen LogP contribution in [0.4, 0.5) is 4.79 Å². The Morgan fingerprint density at radius 1 is 1.47 bits per heavy atom. The number of nitrogens with zero attached hydrogens (tertiary/aromatic N) is 1. The summed E-state index contributed by atoms with van der Waals surface area (Å²) in [5.74, 6) is -3.76. The van der Waals surface area contributed by atoms with Crippen LogP contribution in [0.5, 0.6) is 0 Å². The molecule has 1 saturated heterocycles. The van der Waals surface area contributed by atoms with Crippen molar-refractivity contribution in [1.29, 1.82) is 0 Å². The van der Waals surface area contributed by atoms with Crippen molar-refractivity contribution in [2.45, 2.75) is 32.7 Å². The SMILES string of the molecule is CCC(C(=O)O)C1(C)C(=O)NC(=O)N1C(C)=O. The Kier molecular flexibility index (Phi) is 3.21. The van der Waals surface area contributed by atoms with E-state index in [1.165, 1.54) is 6.92 Å². The number of urea groups is 1. The van der Waals surface area contributed by atoms with Crippen LogP contribution in [0.2, 0.25) is 0 Å². The van der Waals surface area contributed by atoms with Crippen LogP contribution >= 0.6 is 0 Å². The fourth-order valence-electron chi connectivity index (χ4n) is 2.19. The van der Waals surface area contributed by atoms with Crippen LogP contribution in [-0.2, 0) is 14.4 Å². The van der Waals surface area contributed by atoms with Gasteiger partial charge in [-0.25, -0.2) is 9.69 Å². The molecular formula is C10H14N2O5. The second-order valence-corrected chi connectivity index (χ2v) is 4.06. The molecule has 0 radical (unpaired) electrons. The van der Waals surface area contributed by atoms with E-state index in [0.29, 0.717) is 4.90 Å². The van der Waals surface area contributed by atoms with Gasteiger partial charge in [0.25, 0.3) is 5.91 Å². The van der Waals surface area contributed by atoms with Crippen molar-refractivity contribution in [3.8, 4) is 0 Å². The van der Waals surface area contributed by atoms with Gasteiger partial charge < -0.3 is 5.11 Å². The van der Waals surface area contributed by atoms with Gasteiger partial charge in [-0.1, -0.05) is 6.92 Å². The average molecular weight is 242 g/mol. The summed E-state index contributed by atoms with van der Waals surface area (Å²) in [4.78, 5) is 46.4. The maximum Gasteiger partial charge on any atom is 0.331 e. The molecule has 2 unspecified atom stereocenters. The molecule has 1 rings (SSSR count). The molecule has 0 spiro atoms. The van der Waals surface area contributed by atoms with Gasteiger partial charge in [-0.15, -0.1) is 0 Å². The van der Waals surface area contributed by atoms with Gasteiger partial charge in [0, 0.05) is 6.92 Å². The molecule has 1 heterocycles. The minimum Gasteiger partial charge on any atom is -0.481 e. The van der Waals surface area contributed by atoms with Gasteiger partial charge in [0.1, 0.15) is 5.54 Å². The van der Waals surface area contributed by atoms with Gasteiger partial charge in [0.2, 0.25) is 5.91 Å². The highest BCUT2D eigenvalue weighted by atomic mass is 16.4. The molecule has 0 saturated carbocycles. The number of carboxylic acid groups (broad SMARTS) is 1. The molecule has 0 bridgehead atoms. The van der Waals surface area contributed by atoms with Gasteiger partial charge in [-0.3, -0.25) is 19.7 Å². The van der Waals surface area contributed by atoms with Crippen LogP contribution in [0.3, 0.4) is 0 Å². The lowest BCUT2D eigenvalue weighted by Gasteiger charge is -2.33. The highest BCUT2D eigenvalue weighted by molar-refractivity contribution is 6.14. The van der Waals surface area contributed by atoms with E-state index in [1.54, 1.807) is 6.92 Å². The molecule has 1 aliphatic rings. The maximum atomic E-state index is 11.7. The molecule has 0 aliphatic carbocycles. The van der Waals surface area contributed by atoms with Gasteiger partial charge in [0.05, 0.1) is 5.92 Å². The summed E-state index contributed by atoms with van der Waals surface area (Å²) in [7, 11) is 0. The minimum atomic E-state index is -1.66. The van der Waals surface area contributed by atoms with Crippen LogP contribution in [0.1, 0.15) is 27.2 Å². The number of carbonyl (C=O) groups is 4. The standard InChI is InChI=1S/C10H14N2O5/c1-4-6(7(14)15)10(3)8(16)11-9(17)12(10)5(2)13/h6H,4H2,1-3H3,(H,14,15)(H,11,16,17). The van der Waals surface area contributed by atoms with Crippen molar-refractivity contribution in [2.75, 3.05) is 0 Å². The van der Waals surface area contributed by atoms with Crippen molar-refractivity contribution in [3.05, 3.63) is 0 Å². The third-order valence-corrected chi connectivity index (χ3v) is 3.05. The van der Waals surface area contributed by atoms with Crippen LogP contribution in [-0.4, -0.2) is 39.4 Å². The Hall–Kier alpha value is -1.92. The quantitative estimate of drug-likeness (QED) is 0.675. The minimum absolute atomic E-state index is 0.135. The number of amides is 4. The molecule has 2 N–H and O–H groups in total. The van der Waals surface area contributed by atoms with Crippen LogP contribution in [0, 0.1) is 5.92 Å². The van der Waals surface area contributed by atoms with E-state index in [4.69, 9.17) is 5.11 Å². The molecule has 94 valence electrons. The fraction of sp³-hybridized carbons (Fsp3) is 0.600. The highest BCUT2D eigenvalue weighted by Gasteiger charge is 2.57.